The first-order chi connectivity index (χ1) is 7.54. The number of benzene rings is 1. The van der Waals surface area contributed by atoms with E-state index in [1.165, 1.54) is 0 Å². The number of hydrogen-bond donors (Lipinski definition) is 2. The SMILES string of the molecule is COCC(C)Nc1ccc(C(N)=O)c(Cl)c1. The maximum Gasteiger partial charge on any atom is 0.250 e. The van der Waals surface area contributed by atoms with Gasteiger partial charge in [0.2, 0.25) is 5.91 Å². The van der Waals surface area contributed by atoms with Crippen LogP contribution in [0.2, 0.25) is 5.02 Å². The molecule has 0 aliphatic carbocycles. The third-order valence-corrected chi connectivity index (χ3v) is 2.38. The molecule has 3 N–H and O–H groups in total. The molecular formula is C11H15ClN2O2. The maximum atomic E-state index is 11.0. The molecule has 5 heteroatoms. The molecule has 1 rings (SSSR count). The largest absolute Gasteiger partial charge is 0.383 e. The van der Waals surface area contributed by atoms with Crippen molar-refractivity contribution in [2.45, 2.75) is 13.0 Å². The number of carbonyl (C=O) groups excluding carboxylic acids is 1. The molecule has 0 aliphatic rings. The molecule has 4 nitrogen and oxygen atoms in total. The van der Waals surface area contributed by atoms with Crippen molar-refractivity contribution < 1.29 is 9.53 Å². The van der Waals surface area contributed by atoms with Crippen LogP contribution in [0.15, 0.2) is 18.2 Å². The molecule has 0 fully saturated rings. The van der Waals surface area contributed by atoms with Crippen molar-refractivity contribution in [1.82, 2.24) is 0 Å². The van der Waals surface area contributed by atoms with Crippen molar-refractivity contribution in [3.8, 4) is 0 Å². The van der Waals surface area contributed by atoms with Crippen LogP contribution in [0.1, 0.15) is 17.3 Å². The molecule has 0 bridgehead atoms. The fraction of sp³-hybridized carbons (Fsp3) is 0.364. The second kappa shape index (κ2) is 5.72. The van der Waals surface area contributed by atoms with E-state index in [0.29, 0.717) is 17.2 Å². The van der Waals surface area contributed by atoms with Gasteiger partial charge in [-0.2, -0.15) is 0 Å². The van der Waals surface area contributed by atoms with Crippen LogP contribution in [0, 0.1) is 0 Å². The smallest absolute Gasteiger partial charge is 0.250 e. The summed E-state index contributed by atoms with van der Waals surface area (Å²) in [6.07, 6.45) is 0. The van der Waals surface area contributed by atoms with Crippen molar-refractivity contribution in [2.24, 2.45) is 5.73 Å². The summed E-state index contributed by atoms with van der Waals surface area (Å²) in [5, 5.41) is 3.54. The third kappa shape index (κ3) is 3.40. The van der Waals surface area contributed by atoms with Gasteiger partial charge in [0.05, 0.1) is 17.2 Å². The van der Waals surface area contributed by atoms with Crippen LogP contribution in [-0.2, 0) is 4.74 Å². The van der Waals surface area contributed by atoms with Crippen LogP contribution in [0.5, 0.6) is 0 Å². The topological polar surface area (TPSA) is 64.3 Å². The lowest BCUT2D eigenvalue weighted by Gasteiger charge is -2.14. The number of amides is 1. The number of rotatable bonds is 5. The van der Waals surface area contributed by atoms with E-state index in [1.54, 1.807) is 25.3 Å². The summed E-state index contributed by atoms with van der Waals surface area (Å²) in [7, 11) is 1.64. The first-order valence-electron chi connectivity index (χ1n) is 4.89. The Morgan fingerprint density at radius 2 is 2.31 bits per heavy atom. The van der Waals surface area contributed by atoms with Gasteiger partial charge in [-0.1, -0.05) is 11.6 Å². The number of hydrogen-bond acceptors (Lipinski definition) is 3. The van der Waals surface area contributed by atoms with Crippen LogP contribution >= 0.6 is 11.6 Å². The zero-order chi connectivity index (χ0) is 12.1. The Kier molecular flexibility index (Phi) is 4.58. The van der Waals surface area contributed by atoms with Crippen LogP contribution < -0.4 is 11.1 Å². The summed E-state index contributed by atoms with van der Waals surface area (Å²) in [6, 6.07) is 5.21. The molecule has 16 heavy (non-hydrogen) atoms. The van der Waals surface area contributed by atoms with Crippen molar-refractivity contribution in [1.29, 1.82) is 0 Å². The molecule has 0 radical (unpaired) electrons. The maximum absolute atomic E-state index is 11.0. The Hall–Kier alpha value is -1.26. The molecule has 1 aromatic rings. The highest BCUT2D eigenvalue weighted by Gasteiger charge is 2.08. The third-order valence-electron chi connectivity index (χ3n) is 2.06. The van der Waals surface area contributed by atoms with E-state index in [0.717, 1.165) is 5.69 Å². The molecule has 0 aliphatic heterocycles. The predicted octanol–water partition coefficient (Wildman–Crippen LogP) is 1.89. The van der Waals surface area contributed by atoms with Gasteiger partial charge in [-0.15, -0.1) is 0 Å². The predicted molar refractivity (Wildman–Crippen MR) is 64.9 cm³/mol. The summed E-state index contributed by atoms with van der Waals surface area (Å²) >= 11 is 5.91. The zero-order valence-corrected chi connectivity index (χ0v) is 10.0. The highest BCUT2D eigenvalue weighted by atomic mass is 35.5. The van der Waals surface area contributed by atoms with Gasteiger partial charge in [-0.3, -0.25) is 4.79 Å². The molecule has 0 heterocycles. The average molecular weight is 243 g/mol. The fourth-order valence-corrected chi connectivity index (χ4v) is 1.65. The molecule has 1 atom stereocenters. The van der Waals surface area contributed by atoms with Crippen molar-refractivity contribution in [3.63, 3.8) is 0 Å². The van der Waals surface area contributed by atoms with E-state index in [4.69, 9.17) is 22.1 Å². The molecule has 0 saturated carbocycles. The van der Waals surface area contributed by atoms with Crippen molar-refractivity contribution in [2.75, 3.05) is 19.0 Å². The van der Waals surface area contributed by atoms with E-state index in [9.17, 15) is 4.79 Å². The minimum Gasteiger partial charge on any atom is -0.383 e. The summed E-state index contributed by atoms with van der Waals surface area (Å²) in [5.74, 6) is -0.526. The molecule has 0 aromatic heterocycles. The van der Waals surface area contributed by atoms with Crippen molar-refractivity contribution in [3.05, 3.63) is 28.8 Å². The molecule has 1 aromatic carbocycles. The summed E-state index contributed by atoms with van der Waals surface area (Å²) in [5.41, 5.74) is 6.31. The average Bonchev–Trinajstić information content (AvgIpc) is 2.17. The van der Waals surface area contributed by atoms with Gasteiger partial charge < -0.3 is 15.8 Å². The van der Waals surface area contributed by atoms with E-state index in [1.807, 2.05) is 6.92 Å². The lowest BCUT2D eigenvalue weighted by molar-refractivity contribution is 0.100. The lowest BCUT2D eigenvalue weighted by Crippen LogP contribution is -2.21. The number of ether oxygens (including phenoxy) is 1. The fourth-order valence-electron chi connectivity index (χ4n) is 1.38. The summed E-state index contributed by atoms with van der Waals surface area (Å²) in [4.78, 5) is 11.0. The Morgan fingerprint density at radius 3 is 2.81 bits per heavy atom. The number of nitrogens with two attached hydrogens (primary N) is 1. The molecular weight excluding hydrogens is 228 g/mol. The highest BCUT2D eigenvalue weighted by molar-refractivity contribution is 6.34. The van der Waals surface area contributed by atoms with Crippen molar-refractivity contribution >= 4 is 23.2 Å². The first kappa shape index (κ1) is 12.8. The monoisotopic (exact) mass is 242 g/mol. The van der Waals surface area contributed by atoms with Gasteiger partial charge in [0.25, 0.3) is 0 Å². The number of methoxy groups -OCH3 is 1. The molecule has 0 saturated heterocycles. The van der Waals surface area contributed by atoms with E-state index >= 15 is 0 Å². The second-order valence-electron chi connectivity index (χ2n) is 3.56. The van der Waals surface area contributed by atoms with Gasteiger partial charge in [0.15, 0.2) is 0 Å². The second-order valence-corrected chi connectivity index (χ2v) is 3.97. The lowest BCUT2D eigenvalue weighted by atomic mass is 10.2. The quantitative estimate of drug-likeness (QED) is 0.829. The Balaban J connectivity index is 2.77. The number of halogens is 1. The summed E-state index contributed by atoms with van der Waals surface area (Å²) < 4.78 is 5.00. The number of anilines is 1. The van der Waals surface area contributed by atoms with E-state index in [-0.39, 0.29) is 6.04 Å². The minimum atomic E-state index is -0.526. The van der Waals surface area contributed by atoms with Gasteiger partial charge in [0.1, 0.15) is 0 Å². The highest BCUT2D eigenvalue weighted by Crippen LogP contribution is 2.21. The van der Waals surface area contributed by atoms with Gasteiger partial charge in [-0.25, -0.2) is 0 Å². The molecule has 1 unspecified atom stereocenters. The Morgan fingerprint density at radius 1 is 1.62 bits per heavy atom. The molecule has 88 valence electrons. The van der Waals surface area contributed by atoms with E-state index in [2.05, 4.69) is 5.32 Å². The number of primary amides is 1. The molecule has 0 spiro atoms. The Labute approximate surface area is 99.7 Å². The summed E-state index contributed by atoms with van der Waals surface area (Å²) in [6.45, 7) is 2.58. The van der Waals surface area contributed by atoms with Crippen LogP contribution in [0.25, 0.3) is 0 Å². The number of nitrogens with one attached hydrogen (secondary N) is 1. The van der Waals surface area contributed by atoms with E-state index < -0.39 is 5.91 Å². The van der Waals surface area contributed by atoms with Crippen LogP contribution in [-0.4, -0.2) is 25.7 Å². The minimum absolute atomic E-state index is 0.167. The van der Waals surface area contributed by atoms with Gasteiger partial charge >= 0.3 is 0 Å². The molecule has 1 amide bonds. The van der Waals surface area contributed by atoms with Gasteiger partial charge in [-0.05, 0) is 25.1 Å². The van der Waals surface area contributed by atoms with Gasteiger partial charge in [0, 0.05) is 18.8 Å². The van der Waals surface area contributed by atoms with Crippen LogP contribution in [0.4, 0.5) is 5.69 Å². The zero-order valence-electron chi connectivity index (χ0n) is 9.29. The standard InChI is InChI=1S/C11H15ClN2O2/c1-7(6-16-2)14-8-3-4-9(11(13)15)10(12)5-8/h3-5,7,14H,6H2,1-2H3,(H2,13,15). The first-order valence-corrected chi connectivity index (χ1v) is 5.27. The Bertz CT molecular complexity index is 382. The normalized spacial score (nSPS) is 12.2. The van der Waals surface area contributed by atoms with Crippen LogP contribution in [0.3, 0.4) is 0 Å². The number of carbonyl (C=O) groups is 1.